The Bertz CT molecular complexity index is 672. The van der Waals surface area contributed by atoms with Crippen molar-refractivity contribution in [1.29, 1.82) is 0 Å². The molecule has 0 bridgehead atoms. The molecule has 1 saturated heterocycles. The number of carbonyl (C=O) groups is 1. The highest BCUT2D eigenvalue weighted by atomic mass is 35.5. The maximum Gasteiger partial charge on any atom is 0.224 e. The summed E-state index contributed by atoms with van der Waals surface area (Å²) in [5, 5.41) is 4.03. The fourth-order valence-corrected chi connectivity index (χ4v) is 3.02. The molecule has 1 amide bonds. The van der Waals surface area contributed by atoms with Gasteiger partial charge in [0.2, 0.25) is 5.91 Å². The number of imidazole rings is 1. The number of hydrogen-bond donors (Lipinski definition) is 1. The van der Waals surface area contributed by atoms with Gasteiger partial charge in [0.05, 0.1) is 18.8 Å². The van der Waals surface area contributed by atoms with Crippen LogP contribution in [0.5, 0.6) is 0 Å². The molecule has 0 aliphatic carbocycles. The van der Waals surface area contributed by atoms with Crippen LogP contribution in [0.25, 0.3) is 0 Å². The number of nitrogens with zero attached hydrogens (tertiary/aromatic N) is 4. The number of nitrogens with one attached hydrogen (secondary N) is 1. The van der Waals surface area contributed by atoms with Crippen LogP contribution in [-0.2, 0) is 18.4 Å². The summed E-state index contributed by atoms with van der Waals surface area (Å²) in [6.45, 7) is 0.561. The number of hydrogen-bond acceptors (Lipinski definition) is 4. The number of halogens is 1. The lowest BCUT2D eigenvalue weighted by Gasteiger charge is -2.25. The molecule has 7 heteroatoms. The van der Waals surface area contributed by atoms with Gasteiger partial charge in [-0.15, -0.1) is 0 Å². The van der Waals surface area contributed by atoms with Crippen LogP contribution in [0.3, 0.4) is 0 Å². The van der Waals surface area contributed by atoms with Crippen molar-refractivity contribution in [2.75, 3.05) is 7.05 Å². The Hall–Kier alpha value is -1.92. The predicted molar refractivity (Wildman–Crippen MR) is 83.2 cm³/mol. The van der Waals surface area contributed by atoms with Crippen molar-refractivity contribution in [3.05, 3.63) is 47.3 Å². The normalized spacial score (nSPS) is 21.6. The van der Waals surface area contributed by atoms with Crippen LogP contribution in [0, 0.1) is 0 Å². The van der Waals surface area contributed by atoms with E-state index in [2.05, 4.69) is 15.3 Å². The summed E-state index contributed by atoms with van der Waals surface area (Å²) in [6.07, 6.45) is 5.64. The predicted octanol–water partition coefficient (Wildman–Crippen LogP) is 1.53. The largest absolute Gasteiger partial charge is 0.337 e. The van der Waals surface area contributed by atoms with E-state index in [1.807, 2.05) is 37.0 Å². The van der Waals surface area contributed by atoms with E-state index >= 15 is 0 Å². The van der Waals surface area contributed by atoms with Crippen LogP contribution < -0.4 is 5.32 Å². The Balaban J connectivity index is 1.76. The van der Waals surface area contributed by atoms with Crippen LogP contribution in [0.4, 0.5) is 0 Å². The molecule has 0 spiro atoms. The smallest absolute Gasteiger partial charge is 0.224 e. The first-order chi connectivity index (χ1) is 10.6. The molecular weight excluding hydrogens is 302 g/mol. The summed E-state index contributed by atoms with van der Waals surface area (Å²) in [4.78, 5) is 22.3. The molecule has 1 fully saturated rings. The molecule has 1 N–H and O–H groups in total. The van der Waals surface area contributed by atoms with E-state index in [1.54, 1.807) is 17.3 Å². The molecule has 6 nitrogen and oxygen atoms in total. The SMILES string of the molecule is CN1C(=O)C[C@@H](NCc2ncc(Cl)n2C)[C@@H]1c1cccnc1. The number of likely N-dealkylation sites (N-methyl/N-ethyl adjacent to an activating group) is 1. The molecule has 3 rings (SSSR count). The first kappa shape index (κ1) is 15.0. The second-order valence-electron chi connectivity index (χ2n) is 5.48. The fourth-order valence-electron chi connectivity index (χ4n) is 2.87. The van der Waals surface area contributed by atoms with Crippen molar-refractivity contribution in [2.45, 2.75) is 25.0 Å². The highest BCUT2D eigenvalue weighted by Gasteiger charge is 2.38. The molecule has 0 saturated carbocycles. The van der Waals surface area contributed by atoms with Gasteiger partial charge < -0.3 is 14.8 Å². The zero-order chi connectivity index (χ0) is 15.7. The van der Waals surface area contributed by atoms with E-state index in [1.165, 1.54) is 0 Å². The van der Waals surface area contributed by atoms with Crippen molar-refractivity contribution in [3.8, 4) is 0 Å². The van der Waals surface area contributed by atoms with E-state index in [0.29, 0.717) is 18.1 Å². The maximum absolute atomic E-state index is 12.1. The first-order valence-electron chi connectivity index (χ1n) is 7.13. The fraction of sp³-hybridized carbons (Fsp3) is 0.400. The minimum absolute atomic E-state index is 0.0167. The van der Waals surface area contributed by atoms with E-state index in [9.17, 15) is 4.79 Å². The third kappa shape index (κ3) is 2.71. The maximum atomic E-state index is 12.1. The van der Waals surface area contributed by atoms with Crippen LogP contribution in [-0.4, -0.2) is 38.4 Å². The summed E-state index contributed by atoms with van der Waals surface area (Å²) in [5.41, 5.74) is 1.03. The number of amides is 1. The minimum Gasteiger partial charge on any atom is -0.337 e. The Morgan fingerprint density at radius 3 is 2.86 bits per heavy atom. The Kier molecular flexibility index (Phi) is 4.13. The molecule has 3 heterocycles. The molecule has 2 atom stereocenters. The lowest BCUT2D eigenvalue weighted by Crippen LogP contribution is -2.35. The van der Waals surface area contributed by atoms with Crippen molar-refractivity contribution in [1.82, 2.24) is 24.8 Å². The topological polar surface area (TPSA) is 63.1 Å². The van der Waals surface area contributed by atoms with Gasteiger partial charge in [0, 0.05) is 39.0 Å². The summed E-state index contributed by atoms with van der Waals surface area (Å²) in [7, 11) is 3.70. The first-order valence-corrected chi connectivity index (χ1v) is 7.51. The number of pyridine rings is 1. The average Bonchev–Trinajstić information content (AvgIpc) is 2.99. The Labute approximate surface area is 134 Å². The summed E-state index contributed by atoms with van der Waals surface area (Å²) >= 11 is 6.00. The number of likely N-dealkylation sites (tertiary alicyclic amines) is 1. The number of carbonyl (C=O) groups excluding carboxylic acids is 1. The lowest BCUT2D eigenvalue weighted by molar-refractivity contribution is -0.127. The average molecular weight is 320 g/mol. The molecule has 0 unspecified atom stereocenters. The Morgan fingerprint density at radius 1 is 1.41 bits per heavy atom. The monoisotopic (exact) mass is 319 g/mol. The highest BCUT2D eigenvalue weighted by Crippen LogP contribution is 2.31. The van der Waals surface area contributed by atoms with Gasteiger partial charge in [0.25, 0.3) is 0 Å². The minimum atomic E-state index is -0.0167. The molecule has 0 radical (unpaired) electrons. The van der Waals surface area contributed by atoms with Gasteiger partial charge in [-0.25, -0.2) is 4.98 Å². The number of aromatic nitrogens is 3. The van der Waals surface area contributed by atoms with Gasteiger partial charge >= 0.3 is 0 Å². The van der Waals surface area contributed by atoms with Gasteiger partial charge in [-0.3, -0.25) is 9.78 Å². The molecule has 2 aromatic heterocycles. The third-order valence-electron chi connectivity index (χ3n) is 4.16. The molecule has 2 aromatic rings. The summed E-state index contributed by atoms with van der Waals surface area (Å²) in [5.74, 6) is 0.973. The van der Waals surface area contributed by atoms with Crippen LogP contribution in [0.2, 0.25) is 5.15 Å². The van der Waals surface area contributed by atoms with Crippen molar-refractivity contribution < 1.29 is 4.79 Å². The standard InChI is InChI=1S/C15H18ClN5O/c1-20-12(16)8-19-13(20)9-18-11-6-14(22)21(2)15(11)10-4-3-5-17-7-10/h3-5,7-8,11,15,18H,6,9H2,1-2H3/t11-,15+/m1/s1. The number of rotatable bonds is 4. The van der Waals surface area contributed by atoms with Crippen LogP contribution in [0.1, 0.15) is 23.9 Å². The lowest BCUT2D eigenvalue weighted by atomic mass is 10.0. The molecule has 1 aliphatic rings. The van der Waals surface area contributed by atoms with Gasteiger partial charge in [0.1, 0.15) is 11.0 Å². The van der Waals surface area contributed by atoms with Crippen LogP contribution in [0.15, 0.2) is 30.7 Å². The Morgan fingerprint density at radius 2 is 2.23 bits per heavy atom. The second kappa shape index (κ2) is 6.06. The van der Waals surface area contributed by atoms with E-state index in [0.717, 1.165) is 11.4 Å². The molecule has 22 heavy (non-hydrogen) atoms. The van der Waals surface area contributed by atoms with Gasteiger partial charge in [-0.05, 0) is 11.6 Å². The highest BCUT2D eigenvalue weighted by molar-refractivity contribution is 6.29. The van der Waals surface area contributed by atoms with Crippen molar-refractivity contribution in [3.63, 3.8) is 0 Å². The molecule has 0 aromatic carbocycles. The molecule has 116 valence electrons. The third-order valence-corrected chi connectivity index (χ3v) is 4.51. The van der Waals surface area contributed by atoms with Crippen molar-refractivity contribution in [2.24, 2.45) is 7.05 Å². The van der Waals surface area contributed by atoms with E-state index in [-0.39, 0.29) is 18.0 Å². The van der Waals surface area contributed by atoms with Crippen molar-refractivity contribution >= 4 is 17.5 Å². The van der Waals surface area contributed by atoms with Gasteiger partial charge in [-0.1, -0.05) is 17.7 Å². The van der Waals surface area contributed by atoms with Crippen LogP contribution >= 0.6 is 11.6 Å². The zero-order valence-electron chi connectivity index (χ0n) is 12.5. The summed E-state index contributed by atoms with van der Waals surface area (Å²) < 4.78 is 1.83. The van der Waals surface area contributed by atoms with Gasteiger partial charge in [0.15, 0.2) is 0 Å². The molecule has 1 aliphatic heterocycles. The van der Waals surface area contributed by atoms with E-state index in [4.69, 9.17) is 11.6 Å². The second-order valence-corrected chi connectivity index (χ2v) is 5.87. The summed E-state index contributed by atoms with van der Waals surface area (Å²) in [6, 6.07) is 3.90. The van der Waals surface area contributed by atoms with E-state index < -0.39 is 0 Å². The molecular formula is C15H18ClN5O. The van der Waals surface area contributed by atoms with Gasteiger partial charge in [-0.2, -0.15) is 0 Å². The zero-order valence-corrected chi connectivity index (χ0v) is 13.3. The quantitative estimate of drug-likeness (QED) is 0.928.